The van der Waals surface area contributed by atoms with Crippen LogP contribution in [-0.2, 0) is 9.47 Å². The second-order valence-corrected chi connectivity index (χ2v) is 16.7. The summed E-state index contributed by atoms with van der Waals surface area (Å²) in [5, 5.41) is 1.25. The molecule has 1 saturated carbocycles. The number of anilines is 1. The number of terminal acetylenes is 1. The van der Waals surface area contributed by atoms with Crippen LogP contribution in [0.25, 0.3) is 32.9 Å². The first-order chi connectivity index (χ1) is 26.4. The van der Waals surface area contributed by atoms with Gasteiger partial charge in [0.15, 0.2) is 12.6 Å². The molecule has 1 unspecified atom stereocenters. The fourth-order valence-corrected chi connectivity index (χ4v) is 9.56. The maximum atomic E-state index is 17.4. The Balaban J connectivity index is 1.15. The number of carbonyl (C=O) groups is 1. The van der Waals surface area contributed by atoms with Crippen LogP contribution in [0.15, 0.2) is 42.6 Å². The number of rotatable bonds is 8. The molecular weight excluding hydrogens is 706 g/mol. The molecule has 0 spiro atoms. The molecule has 4 saturated heterocycles. The average Bonchev–Trinajstić information content (AvgIpc) is 3.61. The Morgan fingerprint density at radius 2 is 1.91 bits per heavy atom. The summed E-state index contributed by atoms with van der Waals surface area (Å²) >= 11 is 0. The predicted octanol–water partition coefficient (Wildman–Crippen LogP) is 6.85. The Kier molecular flexibility index (Phi) is 8.44. The zero-order valence-corrected chi connectivity index (χ0v) is 31.5. The van der Waals surface area contributed by atoms with Crippen LogP contribution in [0.2, 0.25) is 0 Å². The first kappa shape index (κ1) is 35.6. The predicted molar refractivity (Wildman–Crippen MR) is 203 cm³/mol. The number of benzene rings is 2. The van der Waals surface area contributed by atoms with E-state index in [1.54, 1.807) is 24.4 Å². The van der Waals surface area contributed by atoms with E-state index < -0.39 is 17.2 Å². The molecule has 4 aromatic rings. The Morgan fingerprint density at radius 3 is 2.64 bits per heavy atom. The van der Waals surface area contributed by atoms with Crippen molar-refractivity contribution in [2.75, 3.05) is 45.0 Å². The third kappa shape index (κ3) is 6.10. The van der Waals surface area contributed by atoms with Crippen LogP contribution in [0.3, 0.4) is 0 Å². The van der Waals surface area contributed by atoms with E-state index in [0.717, 1.165) is 32.2 Å². The molecule has 11 nitrogen and oxygen atoms in total. The molecule has 5 atom stereocenters. The second-order valence-electron chi connectivity index (χ2n) is 16.7. The lowest BCUT2D eigenvalue weighted by molar-refractivity contribution is 0.0122. The Hall–Kier alpha value is -5.06. The van der Waals surface area contributed by atoms with Gasteiger partial charge in [-0.3, -0.25) is 14.8 Å². The fraction of sp³-hybridized carbons (Fsp3) is 0.476. The molecule has 4 aliphatic heterocycles. The molecule has 55 heavy (non-hydrogen) atoms. The molecule has 1 aliphatic carbocycles. The summed E-state index contributed by atoms with van der Waals surface area (Å²) in [7, 11) is 1.49. The van der Waals surface area contributed by atoms with Gasteiger partial charge in [-0.15, -0.1) is 6.42 Å². The first-order valence-electron chi connectivity index (χ1n) is 18.9. The number of fused-ring (bicyclic) bond motifs is 7. The minimum absolute atomic E-state index is 0.00130. The minimum atomic E-state index is -0.741. The zero-order chi connectivity index (χ0) is 38.4. The first-order valence-corrected chi connectivity index (χ1v) is 18.9. The van der Waals surface area contributed by atoms with Crippen molar-refractivity contribution in [2.24, 2.45) is 5.92 Å². The third-order valence-corrected chi connectivity index (χ3v) is 11.8. The van der Waals surface area contributed by atoms with Crippen LogP contribution in [0.1, 0.15) is 58.4 Å². The van der Waals surface area contributed by atoms with Gasteiger partial charge >= 0.3 is 12.1 Å². The summed E-state index contributed by atoms with van der Waals surface area (Å²) in [4.78, 5) is 34.1. The van der Waals surface area contributed by atoms with Crippen LogP contribution in [0, 0.1) is 29.9 Å². The SMILES string of the molecule is C#Cc1c(F)ccc2cc(OCOC)cc(-c3ncc4c(N5C[C@H]6CC[C@@H](C5)N6C(=O)OC(C)(C)C)nc(OCC56CC(=C)CN5[C@H]5C[C@H]5C6)nc4c3F)c12. The summed E-state index contributed by atoms with van der Waals surface area (Å²) < 4.78 is 55.7. The molecule has 5 fully saturated rings. The van der Waals surface area contributed by atoms with E-state index in [-0.39, 0.29) is 58.9 Å². The maximum Gasteiger partial charge on any atom is 0.410 e. The summed E-state index contributed by atoms with van der Waals surface area (Å²) in [5.41, 5.74) is 0.502. The lowest BCUT2D eigenvalue weighted by Crippen LogP contribution is -2.57. The molecule has 2 aromatic heterocycles. The number of pyridine rings is 1. The normalized spacial score (nSPS) is 25.7. The summed E-state index contributed by atoms with van der Waals surface area (Å²) in [6.07, 6.45) is 11.7. The Morgan fingerprint density at radius 1 is 1.13 bits per heavy atom. The van der Waals surface area contributed by atoms with Crippen molar-refractivity contribution < 1.29 is 32.5 Å². The second kappa shape index (κ2) is 13.0. The number of piperidine rings is 1. The van der Waals surface area contributed by atoms with Gasteiger partial charge in [-0.1, -0.05) is 24.1 Å². The van der Waals surface area contributed by atoms with Crippen LogP contribution >= 0.6 is 0 Å². The topological polar surface area (TPSA) is 102 Å². The highest BCUT2D eigenvalue weighted by Gasteiger charge is 2.62. The van der Waals surface area contributed by atoms with Crippen LogP contribution in [0.4, 0.5) is 19.4 Å². The Bertz CT molecular complexity index is 2290. The fourth-order valence-electron chi connectivity index (χ4n) is 9.56. The molecule has 13 heteroatoms. The van der Waals surface area contributed by atoms with Crippen molar-refractivity contribution in [1.82, 2.24) is 24.8 Å². The van der Waals surface area contributed by atoms with E-state index in [4.69, 9.17) is 35.3 Å². The molecule has 286 valence electrons. The number of aromatic nitrogens is 3. The van der Waals surface area contributed by atoms with Gasteiger partial charge in [0.2, 0.25) is 0 Å². The number of halogens is 2. The summed E-state index contributed by atoms with van der Waals surface area (Å²) in [5.74, 6) is 2.58. The third-order valence-electron chi connectivity index (χ3n) is 11.8. The lowest BCUT2D eigenvalue weighted by atomic mass is 9.92. The smallest absolute Gasteiger partial charge is 0.410 e. The zero-order valence-electron chi connectivity index (χ0n) is 31.5. The average molecular weight is 751 g/mol. The molecule has 5 aliphatic rings. The minimum Gasteiger partial charge on any atom is -0.468 e. The van der Waals surface area contributed by atoms with E-state index in [2.05, 4.69) is 27.3 Å². The van der Waals surface area contributed by atoms with Gasteiger partial charge < -0.3 is 23.8 Å². The van der Waals surface area contributed by atoms with Gasteiger partial charge in [-0.2, -0.15) is 9.97 Å². The molecule has 1 amide bonds. The number of hydrogen-bond acceptors (Lipinski definition) is 10. The molecule has 6 heterocycles. The van der Waals surface area contributed by atoms with Crippen molar-refractivity contribution >= 4 is 33.6 Å². The number of hydrogen-bond donors (Lipinski definition) is 0. The monoisotopic (exact) mass is 750 g/mol. The number of amides is 1. The van der Waals surface area contributed by atoms with Gasteiger partial charge in [0.25, 0.3) is 0 Å². The highest BCUT2D eigenvalue weighted by Crippen LogP contribution is 2.57. The van der Waals surface area contributed by atoms with E-state index in [1.807, 2.05) is 25.7 Å². The van der Waals surface area contributed by atoms with Crippen molar-refractivity contribution in [3.8, 4) is 35.4 Å². The van der Waals surface area contributed by atoms with Crippen LogP contribution in [0.5, 0.6) is 11.8 Å². The van der Waals surface area contributed by atoms with Crippen molar-refractivity contribution in [1.29, 1.82) is 0 Å². The lowest BCUT2D eigenvalue weighted by Gasteiger charge is -2.42. The number of ether oxygens (including phenoxy) is 4. The number of carbonyl (C=O) groups excluding carboxylic acids is 1. The molecule has 0 N–H and O–H groups in total. The summed E-state index contributed by atoms with van der Waals surface area (Å²) in [6, 6.07) is 6.47. The standard InChI is InChI=1S/C42H44F2N6O5/c1-7-29-32(43)11-8-24-12-28(54-22-52-6)14-30(34(24)29)36-35(44)37-31(17-45-36)38(48-19-26-9-10-27(20-48)50(26)40(51)55-41(3,4)5)47-39(46-37)53-21-42-15-23(2)18-49(42)33-13-25(33)16-42/h1,8,11-12,14,17,25-27,33H,2,9-10,13,15-16,18-22H2,3-6H3/t25-,26-,27+,33-,42?/m0/s1. The molecule has 2 bridgehead atoms. The summed E-state index contributed by atoms with van der Waals surface area (Å²) in [6.45, 7) is 11.9. The maximum absolute atomic E-state index is 17.4. The Labute approximate surface area is 318 Å². The van der Waals surface area contributed by atoms with Crippen LogP contribution < -0.4 is 14.4 Å². The van der Waals surface area contributed by atoms with E-state index >= 15 is 8.78 Å². The molecule has 2 aromatic carbocycles. The molecular formula is C42H44F2N6O5. The van der Waals surface area contributed by atoms with Gasteiger partial charge in [-0.25, -0.2) is 13.6 Å². The van der Waals surface area contributed by atoms with E-state index in [9.17, 15) is 4.79 Å². The van der Waals surface area contributed by atoms with E-state index in [1.165, 1.54) is 25.2 Å². The highest BCUT2D eigenvalue weighted by molar-refractivity contribution is 6.03. The molecule has 9 rings (SSSR count). The van der Waals surface area contributed by atoms with Crippen molar-refractivity contribution in [3.05, 3.63) is 59.8 Å². The van der Waals surface area contributed by atoms with Gasteiger partial charge in [-0.05, 0) is 82.4 Å². The molecule has 0 radical (unpaired) electrons. The van der Waals surface area contributed by atoms with Crippen LogP contribution in [-0.4, -0.2) is 100 Å². The quantitative estimate of drug-likeness (QED) is 0.108. The highest BCUT2D eigenvalue weighted by atomic mass is 19.1. The van der Waals surface area contributed by atoms with Crippen molar-refractivity contribution in [3.63, 3.8) is 0 Å². The van der Waals surface area contributed by atoms with Gasteiger partial charge in [0, 0.05) is 49.9 Å². The number of methoxy groups -OCH3 is 1. The number of piperazine rings is 1. The largest absolute Gasteiger partial charge is 0.468 e. The number of nitrogens with zero attached hydrogens (tertiary/aromatic N) is 6. The van der Waals surface area contributed by atoms with Crippen molar-refractivity contribution in [2.45, 2.75) is 82.1 Å². The van der Waals surface area contributed by atoms with Gasteiger partial charge in [0.1, 0.15) is 40.8 Å². The van der Waals surface area contributed by atoms with Gasteiger partial charge in [0.05, 0.1) is 28.6 Å². The van der Waals surface area contributed by atoms with E-state index in [0.29, 0.717) is 59.4 Å².